The topological polar surface area (TPSA) is 0 Å². The maximum absolute atomic E-state index is 2.37. The predicted molar refractivity (Wildman–Crippen MR) is 124 cm³/mol. The van der Waals surface area contributed by atoms with E-state index in [0.29, 0.717) is 0 Å². The minimum atomic E-state index is 0.954. The van der Waals surface area contributed by atoms with E-state index in [9.17, 15) is 0 Å². The summed E-state index contributed by atoms with van der Waals surface area (Å²) in [6.07, 6.45) is 25.9. The maximum atomic E-state index is 2.37. The van der Waals surface area contributed by atoms with Crippen LogP contribution in [0, 0.1) is 11.8 Å². The Balaban J connectivity index is 0. The third-order valence-electron chi connectivity index (χ3n) is 5.99. The summed E-state index contributed by atoms with van der Waals surface area (Å²) in [6, 6.07) is 0. The van der Waals surface area contributed by atoms with Crippen molar-refractivity contribution in [2.24, 2.45) is 11.8 Å². The Morgan fingerprint density at radius 3 is 0.923 bits per heavy atom. The van der Waals surface area contributed by atoms with Gasteiger partial charge in [-0.1, -0.05) is 157 Å². The molecule has 0 aromatic rings. The highest BCUT2D eigenvalue weighted by Gasteiger charge is 1.98. The zero-order valence-electron chi connectivity index (χ0n) is 19.9. The molecule has 0 radical (unpaired) electrons. The summed E-state index contributed by atoms with van der Waals surface area (Å²) in [7, 11) is 0. The van der Waals surface area contributed by atoms with Crippen LogP contribution in [0.4, 0.5) is 0 Å². The van der Waals surface area contributed by atoms with Gasteiger partial charge in [0.1, 0.15) is 0 Å². The van der Waals surface area contributed by atoms with E-state index in [4.69, 9.17) is 0 Å². The molecule has 0 aliphatic rings. The van der Waals surface area contributed by atoms with Gasteiger partial charge in [0.05, 0.1) is 0 Å². The van der Waals surface area contributed by atoms with E-state index in [-0.39, 0.29) is 0 Å². The lowest BCUT2D eigenvalue weighted by Crippen LogP contribution is -1.91. The zero-order valence-corrected chi connectivity index (χ0v) is 19.9. The molecule has 0 bridgehead atoms. The van der Waals surface area contributed by atoms with Crippen molar-refractivity contribution in [3.8, 4) is 0 Å². The molecule has 0 aromatic heterocycles. The molecule has 0 unspecified atom stereocenters. The lowest BCUT2D eigenvalue weighted by atomic mass is 10.00. The highest BCUT2D eigenvalue weighted by atomic mass is 14.0. The smallest absolute Gasteiger partial charge is 0.0445 e. The van der Waals surface area contributed by atoms with Gasteiger partial charge in [-0.25, -0.2) is 0 Å². The normalized spacial score (nSPS) is 13.2. The van der Waals surface area contributed by atoms with Crippen LogP contribution in [0.3, 0.4) is 0 Å². The first-order valence-electron chi connectivity index (χ1n) is 12.6. The van der Waals surface area contributed by atoms with Gasteiger partial charge >= 0.3 is 0 Å². The van der Waals surface area contributed by atoms with Crippen LogP contribution in [0.2, 0.25) is 0 Å². The van der Waals surface area contributed by atoms with E-state index >= 15 is 0 Å². The second-order valence-electron chi connectivity index (χ2n) is 8.85. The zero-order chi connectivity index (χ0) is 19.9. The number of rotatable bonds is 18. The highest BCUT2D eigenvalue weighted by Crippen LogP contribution is 2.15. The average Bonchev–Trinajstić information content (AvgIpc) is 2.66. The Labute approximate surface area is 169 Å². The molecule has 2 atom stereocenters. The van der Waals surface area contributed by atoms with Crippen LogP contribution in [0.1, 0.15) is 157 Å². The monoisotopic (exact) mass is 368 g/mol. The van der Waals surface area contributed by atoms with Crippen molar-refractivity contribution >= 4 is 0 Å². The van der Waals surface area contributed by atoms with E-state index in [0.717, 1.165) is 11.8 Å². The van der Waals surface area contributed by atoms with Crippen LogP contribution in [0.25, 0.3) is 0 Å². The third kappa shape index (κ3) is 26.2. The van der Waals surface area contributed by atoms with Gasteiger partial charge in [-0.15, -0.1) is 0 Å². The van der Waals surface area contributed by atoms with Crippen LogP contribution >= 0.6 is 0 Å². The largest absolute Gasteiger partial charge is 0.0654 e. The molecule has 26 heavy (non-hydrogen) atoms. The molecule has 0 nitrogen and oxygen atoms in total. The van der Waals surface area contributed by atoms with Crippen molar-refractivity contribution in [2.45, 2.75) is 157 Å². The molecule has 0 heteroatoms. The van der Waals surface area contributed by atoms with E-state index in [1.165, 1.54) is 116 Å². The Kier molecular flexibility index (Phi) is 27.1. The fourth-order valence-corrected chi connectivity index (χ4v) is 3.31. The molecule has 0 fully saturated rings. The van der Waals surface area contributed by atoms with Crippen molar-refractivity contribution < 1.29 is 0 Å². The molecule has 0 spiro atoms. The standard InChI is InChI=1S/2C13H28/c2*1-4-6-7-8-9-10-11-12-13(3)5-2/h2*13H,4-12H2,1-3H3/t2*13-/m00/s1. The van der Waals surface area contributed by atoms with E-state index in [1.54, 1.807) is 0 Å². The fraction of sp³-hybridized carbons (Fsp3) is 1.00. The van der Waals surface area contributed by atoms with E-state index < -0.39 is 0 Å². The average molecular weight is 369 g/mol. The Bertz CT molecular complexity index is 196. The summed E-state index contributed by atoms with van der Waals surface area (Å²) < 4.78 is 0. The van der Waals surface area contributed by atoms with Gasteiger partial charge < -0.3 is 0 Å². The molecule has 0 aliphatic heterocycles. The summed E-state index contributed by atoms with van der Waals surface area (Å²) in [6.45, 7) is 13.9. The molecule has 0 amide bonds. The quantitative estimate of drug-likeness (QED) is 0.211. The van der Waals surface area contributed by atoms with Gasteiger partial charge in [0.15, 0.2) is 0 Å². The van der Waals surface area contributed by atoms with Gasteiger partial charge in [0.25, 0.3) is 0 Å². The predicted octanol–water partition coefficient (Wildman–Crippen LogP) is 10.3. The molecule has 0 N–H and O–H groups in total. The third-order valence-corrected chi connectivity index (χ3v) is 5.99. The van der Waals surface area contributed by atoms with Crippen LogP contribution in [0.15, 0.2) is 0 Å². The number of hydrogen-bond acceptors (Lipinski definition) is 0. The summed E-state index contributed by atoms with van der Waals surface area (Å²) in [4.78, 5) is 0. The number of unbranched alkanes of at least 4 members (excludes halogenated alkanes) is 12. The van der Waals surface area contributed by atoms with Crippen molar-refractivity contribution in [3.05, 3.63) is 0 Å². The first kappa shape index (κ1) is 28.2. The molecule has 0 heterocycles. The van der Waals surface area contributed by atoms with Gasteiger partial charge in [-0.3, -0.25) is 0 Å². The molecule has 0 rings (SSSR count). The molecule has 0 saturated carbocycles. The minimum absolute atomic E-state index is 0.954. The maximum Gasteiger partial charge on any atom is -0.0445 e. The van der Waals surface area contributed by atoms with Crippen molar-refractivity contribution in [1.82, 2.24) is 0 Å². The Morgan fingerprint density at radius 1 is 0.385 bits per heavy atom. The van der Waals surface area contributed by atoms with Crippen LogP contribution in [-0.2, 0) is 0 Å². The van der Waals surface area contributed by atoms with Gasteiger partial charge in [0.2, 0.25) is 0 Å². The summed E-state index contributed by atoms with van der Waals surface area (Å²) in [5.74, 6) is 1.91. The van der Waals surface area contributed by atoms with E-state index in [1.807, 2.05) is 0 Å². The lowest BCUT2D eigenvalue weighted by molar-refractivity contribution is 0.470. The first-order valence-corrected chi connectivity index (χ1v) is 12.6. The molecular formula is C26H56. The molecule has 0 saturated heterocycles. The van der Waals surface area contributed by atoms with Crippen LogP contribution < -0.4 is 0 Å². The summed E-state index contributed by atoms with van der Waals surface area (Å²) in [5.41, 5.74) is 0. The van der Waals surface area contributed by atoms with E-state index in [2.05, 4.69) is 41.5 Å². The minimum Gasteiger partial charge on any atom is -0.0654 e. The molecule has 160 valence electrons. The van der Waals surface area contributed by atoms with Crippen molar-refractivity contribution in [1.29, 1.82) is 0 Å². The van der Waals surface area contributed by atoms with Crippen LogP contribution in [-0.4, -0.2) is 0 Å². The number of hydrogen-bond donors (Lipinski definition) is 0. The Morgan fingerprint density at radius 2 is 0.654 bits per heavy atom. The summed E-state index contributed by atoms with van der Waals surface area (Å²) >= 11 is 0. The molecule has 0 aliphatic carbocycles. The van der Waals surface area contributed by atoms with Crippen LogP contribution in [0.5, 0.6) is 0 Å². The van der Waals surface area contributed by atoms with Gasteiger partial charge in [-0.2, -0.15) is 0 Å². The highest BCUT2D eigenvalue weighted by molar-refractivity contribution is 4.52. The van der Waals surface area contributed by atoms with Gasteiger partial charge in [-0.05, 0) is 11.8 Å². The molecular weight excluding hydrogens is 312 g/mol. The SMILES string of the molecule is CCCCCCCCC[C@@H](C)CC.CCCCCCCCC[C@@H](C)CC. The summed E-state index contributed by atoms with van der Waals surface area (Å²) in [5, 5.41) is 0. The molecule has 0 aromatic carbocycles. The van der Waals surface area contributed by atoms with Crippen molar-refractivity contribution in [2.75, 3.05) is 0 Å². The second kappa shape index (κ2) is 25.0. The Hall–Kier alpha value is 0. The lowest BCUT2D eigenvalue weighted by Gasteiger charge is -2.07. The van der Waals surface area contributed by atoms with Crippen molar-refractivity contribution in [3.63, 3.8) is 0 Å². The van der Waals surface area contributed by atoms with Gasteiger partial charge in [0, 0.05) is 0 Å². The second-order valence-corrected chi connectivity index (χ2v) is 8.85. The fourth-order valence-electron chi connectivity index (χ4n) is 3.31. The first-order chi connectivity index (χ1) is 12.6.